The Balaban J connectivity index is 3.23. The minimum Gasteiger partial charge on any atom is -0.389 e. The number of aliphatic hydroxyl groups is 1. The molecule has 12 heavy (non-hydrogen) atoms. The van der Waals surface area contributed by atoms with Crippen LogP contribution in [-0.2, 0) is 0 Å². The molecule has 1 nitrogen and oxygen atoms in total. The van der Waals surface area contributed by atoms with Crippen molar-refractivity contribution in [2.75, 3.05) is 0 Å². The summed E-state index contributed by atoms with van der Waals surface area (Å²) in [5, 5.41) is 9.10. The molecule has 0 bridgehead atoms. The minimum absolute atomic E-state index is 0.342. The molecule has 0 spiro atoms. The molecule has 0 aliphatic rings. The van der Waals surface area contributed by atoms with Gasteiger partial charge < -0.3 is 5.11 Å². The second kappa shape index (κ2) is 3.49. The number of halogens is 3. The van der Waals surface area contributed by atoms with Crippen molar-refractivity contribution >= 4 is 15.9 Å². The quantitative estimate of drug-likeness (QED) is 0.744. The Labute approximate surface area is 77.2 Å². The summed E-state index contributed by atoms with van der Waals surface area (Å²) in [5.41, 5.74) is 0.342. The average molecular weight is 237 g/mol. The first-order valence-corrected chi connectivity index (χ1v) is 4.14. The Morgan fingerprint density at radius 2 is 1.83 bits per heavy atom. The monoisotopic (exact) mass is 236 g/mol. The Bertz CT molecular complexity index is 299. The van der Waals surface area contributed by atoms with Gasteiger partial charge in [-0.2, -0.15) is 0 Å². The molecule has 0 saturated carbocycles. The van der Waals surface area contributed by atoms with Gasteiger partial charge in [-0.25, -0.2) is 8.78 Å². The zero-order valence-electron chi connectivity index (χ0n) is 6.31. The zero-order chi connectivity index (χ0) is 9.30. The van der Waals surface area contributed by atoms with Crippen LogP contribution in [0, 0.1) is 11.6 Å². The third-order valence-electron chi connectivity index (χ3n) is 1.49. The van der Waals surface area contributed by atoms with E-state index >= 15 is 0 Å². The van der Waals surface area contributed by atoms with Gasteiger partial charge in [-0.15, -0.1) is 0 Å². The third-order valence-corrected chi connectivity index (χ3v) is 2.18. The van der Waals surface area contributed by atoms with Crippen molar-refractivity contribution < 1.29 is 13.9 Å². The summed E-state index contributed by atoms with van der Waals surface area (Å²) in [6.45, 7) is 1.48. The van der Waals surface area contributed by atoms with Crippen LogP contribution in [0.4, 0.5) is 8.78 Å². The van der Waals surface area contributed by atoms with E-state index in [0.717, 1.165) is 12.1 Å². The Morgan fingerprint density at radius 3 is 2.33 bits per heavy atom. The summed E-state index contributed by atoms with van der Waals surface area (Å²) < 4.78 is 25.5. The average Bonchev–Trinajstić information content (AvgIpc) is 1.96. The standard InChI is InChI=1S/C8H7BrF2O/c1-4(12)5-2-7(10)8(11)3-6(5)9/h2-4,12H,1H3/t4-/m0/s1. The lowest BCUT2D eigenvalue weighted by atomic mass is 10.1. The highest BCUT2D eigenvalue weighted by molar-refractivity contribution is 9.10. The van der Waals surface area contributed by atoms with Crippen LogP contribution in [0.2, 0.25) is 0 Å². The molecule has 1 N–H and O–H groups in total. The van der Waals surface area contributed by atoms with Gasteiger partial charge in [0.2, 0.25) is 0 Å². The van der Waals surface area contributed by atoms with Gasteiger partial charge in [-0.3, -0.25) is 0 Å². The molecule has 66 valence electrons. The molecule has 0 saturated heterocycles. The van der Waals surface area contributed by atoms with Crippen LogP contribution < -0.4 is 0 Å². The lowest BCUT2D eigenvalue weighted by Crippen LogP contribution is -1.95. The molecule has 1 aromatic carbocycles. The zero-order valence-corrected chi connectivity index (χ0v) is 7.90. The van der Waals surface area contributed by atoms with E-state index in [9.17, 15) is 8.78 Å². The molecule has 0 aliphatic carbocycles. The van der Waals surface area contributed by atoms with Crippen LogP contribution in [0.3, 0.4) is 0 Å². The smallest absolute Gasteiger partial charge is 0.159 e. The van der Waals surface area contributed by atoms with Crippen LogP contribution in [0.1, 0.15) is 18.6 Å². The Kier molecular flexibility index (Phi) is 2.80. The SMILES string of the molecule is C[C@H](O)c1cc(F)c(F)cc1Br. The van der Waals surface area contributed by atoms with E-state index < -0.39 is 17.7 Å². The predicted octanol–water partition coefficient (Wildman–Crippen LogP) is 2.78. The highest BCUT2D eigenvalue weighted by atomic mass is 79.9. The summed E-state index contributed by atoms with van der Waals surface area (Å²) in [6, 6.07) is 1.97. The van der Waals surface area contributed by atoms with E-state index in [2.05, 4.69) is 15.9 Å². The molecule has 0 unspecified atom stereocenters. The maximum Gasteiger partial charge on any atom is 0.159 e. The normalized spacial score (nSPS) is 13.1. The van der Waals surface area contributed by atoms with Crippen molar-refractivity contribution in [2.45, 2.75) is 13.0 Å². The van der Waals surface area contributed by atoms with Crippen LogP contribution in [0.15, 0.2) is 16.6 Å². The van der Waals surface area contributed by atoms with Crippen molar-refractivity contribution in [3.05, 3.63) is 33.8 Å². The van der Waals surface area contributed by atoms with Gasteiger partial charge in [0.1, 0.15) is 0 Å². The highest BCUT2D eigenvalue weighted by Crippen LogP contribution is 2.25. The first-order valence-electron chi connectivity index (χ1n) is 3.35. The van der Waals surface area contributed by atoms with E-state index in [1.807, 2.05) is 0 Å². The van der Waals surface area contributed by atoms with Gasteiger partial charge in [0, 0.05) is 4.47 Å². The summed E-state index contributed by atoms with van der Waals surface area (Å²) in [4.78, 5) is 0. The second-order valence-electron chi connectivity index (χ2n) is 2.46. The van der Waals surface area contributed by atoms with E-state index in [1.54, 1.807) is 0 Å². The van der Waals surface area contributed by atoms with Gasteiger partial charge in [0.15, 0.2) is 11.6 Å². The summed E-state index contributed by atoms with van der Waals surface area (Å²) in [5.74, 6) is -1.87. The molecule has 0 radical (unpaired) electrons. The van der Waals surface area contributed by atoms with Crippen molar-refractivity contribution in [1.29, 1.82) is 0 Å². The molecule has 1 rings (SSSR count). The van der Waals surface area contributed by atoms with Crippen molar-refractivity contribution in [2.24, 2.45) is 0 Å². The number of rotatable bonds is 1. The lowest BCUT2D eigenvalue weighted by molar-refractivity contribution is 0.197. The van der Waals surface area contributed by atoms with Crippen LogP contribution in [-0.4, -0.2) is 5.11 Å². The number of aliphatic hydroxyl groups excluding tert-OH is 1. The van der Waals surface area contributed by atoms with E-state index in [-0.39, 0.29) is 0 Å². The molecule has 0 fully saturated rings. The first kappa shape index (κ1) is 9.61. The van der Waals surface area contributed by atoms with Gasteiger partial charge in [0.05, 0.1) is 6.10 Å². The Morgan fingerprint density at radius 1 is 1.33 bits per heavy atom. The van der Waals surface area contributed by atoms with E-state index in [4.69, 9.17) is 5.11 Å². The minimum atomic E-state index is -0.950. The molecule has 1 atom stereocenters. The van der Waals surface area contributed by atoms with Crippen LogP contribution in [0.5, 0.6) is 0 Å². The summed E-state index contributed by atoms with van der Waals surface area (Å²) in [6.07, 6.45) is -0.811. The van der Waals surface area contributed by atoms with Crippen LogP contribution >= 0.6 is 15.9 Å². The molecule has 0 amide bonds. The van der Waals surface area contributed by atoms with E-state index in [0.29, 0.717) is 10.0 Å². The second-order valence-corrected chi connectivity index (χ2v) is 3.32. The summed E-state index contributed by atoms with van der Waals surface area (Å²) >= 11 is 3.02. The number of hydrogen-bond donors (Lipinski definition) is 1. The fourth-order valence-electron chi connectivity index (χ4n) is 0.858. The van der Waals surface area contributed by atoms with Gasteiger partial charge >= 0.3 is 0 Å². The number of benzene rings is 1. The first-order chi connectivity index (χ1) is 5.52. The molecular weight excluding hydrogens is 230 g/mol. The molecule has 0 aromatic heterocycles. The maximum atomic E-state index is 12.6. The van der Waals surface area contributed by atoms with Crippen molar-refractivity contribution in [3.63, 3.8) is 0 Å². The summed E-state index contributed by atoms with van der Waals surface area (Å²) in [7, 11) is 0. The van der Waals surface area contributed by atoms with Gasteiger partial charge in [-0.1, -0.05) is 15.9 Å². The molecule has 4 heteroatoms. The van der Waals surface area contributed by atoms with Gasteiger partial charge in [0.25, 0.3) is 0 Å². The van der Waals surface area contributed by atoms with E-state index in [1.165, 1.54) is 6.92 Å². The van der Waals surface area contributed by atoms with Crippen LogP contribution in [0.25, 0.3) is 0 Å². The maximum absolute atomic E-state index is 12.6. The van der Waals surface area contributed by atoms with Gasteiger partial charge in [-0.05, 0) is 24.6 Å². The van der Waals surface area contributed by atoms with Crippen molar-refractivity contribution in [3.8, 4) is 0 Å². The fraction of sp³-hybridized carbons (Fsp3) is 0.250. The predicted molar refractivity (Wildman–Crippen MR) is 44.7 cm³/mol. The Hall–Kier alpha value is -0.480. The number of hydrogen-bond acceptors (Lipinski definition) is 1. The third kappa shape index (κ3) is 1.81. The highest BCUT2D eigenvalue weighted by Gasteiger charge is 2.11. The fourth-order valence-corrected chi connectivity index (χ4v) is 1.50. The topological polar surface area (TPSA) is 20.2 Å². The molecule has 1 aromatic rings. The van der Waals surface area contributed by atoms with Crippen molar-refractivity contribution in [1.82, 2.24) is 0 Å². The molecule has 0 aliphatic heterocycles. The lowest BCUT2D eigenvalue weighted by Gasteiger charge is -2.07. The largest absolute Gasteiger partial charge is 0.389 e. The molecular formula is C8H7BrF2O. The molecule has 0 heterocycles.